The van der Waals surface area contributed by atoms with Crippen LogP contribution in [0.2, 0.25) is 5.02 Å². The predicted molar refractivity (Wildman–Crippen MR) is 80.8 cm³/mol. The predicted octanol–water partition coefficient (Wildman–Crippen LogP) is 3.25. The smallest absolute Gasteiger partial charge is 0.244 e. The van der Waals surface area contributed by atoms with E-state index in [4.69, 9.17) is 17.3 Å². The molecule has 106 valence electrons. The summed E-state index contributed by atoms with van der Waals surface area (Å²) in [6, 6.07) is 3.05. The summed E-state index contributed by atoms with van der Waals surface area (Å²) < 4.78 is 27.4. The minimum absolute atomic E-state index is 0.0668. The SMILES string of the molecule is CCC1CCCN1S(=O)(=O)c1cc(Cl)cc(N)c1Br. The van der Waals surface area contributed by atoms with Gasteiger partial charge in [-0.3, -0.25) is 0 Å². The number of rotatable bonds is 3. The molecule has 1 aromatic carbocycles. The Hall–Kier alpha value is -0.300. The number of sulfonamides is 1. The third-order valence-electron chi connectivity index (χ3n) is 3.41. The highest BCUT2D eigenvalue weighted by molar-refractivity contribution is 9.10. The van der Waals surface area contributed by atoms with Crippen LogP contribution in [0.15, 0.2) is 21.5 Å². The van der Waals surface area contributed by atoms with Crippen LogP contribution < -0.4 is 5.73 Å². The Bertz CT molecular complexity index is 592. The van der Waals surface area contributed by atoms with Gasteiger partial charge in [0, 0.05) is 23.3 Å². The molecular weight excluding hydrogens is 352 g/mol. The Morgan fingerprint density at radius 1 is 1.53 bits per heavy atom. The summed E-state index contributed by atoms with van der Waals surface area (Å²) in [5.41, 5.74) is 6.10. The van der Waals surface area contributed by atoms with E-state index < -0.39 is 10.0 Å². The highest BCUT2D eigenvalue weighted by atomic mass is 79.9. The Balaban J connectivity index is 2.51. The topological polar surface area (TPSA) is 63.4 Å². The van der Waals surface area contributed by atoms with Crippen molar-refractivity contribution in [3.8, 4) is 0 Å². The molecule has 4 nitrogen and oxygen atoms in total. The largest absolute Gasteiger partial charge is 0.398 e. The fourth-order valence-electron chi connectivity index (χ4n) is 2.43. The van der Waals surface area contributed by atoms with Crippen molar-refractivity contribution in [2.75, 3.05) is 12.3 Å². The zero-order valence-electron chi connectivity index (χ0n) is 10.6. The van der Waals surface area contributed by atoms with Crippen LogP contribution in [0.4, 0.5) is 5.69 Å². The van der Waals surface area contributed by atoms with Gasteiger partial charge in [0.2, 0.25) is 10.0 Å². The molecule has 0 spiro atoms. The molecule has 1 aliphatic heterocycles. The van der Waals surface area contributed by atoms with Gasteiger partial charge in [0.15, 0.2) is 0 Å². The van der Waals surface area contributed by atoms with Crippen molar-refractivity contribution in [3.05, 3.63) is 21.6 Å². The molecule has 19 heavy (non-hydrogen) atoms. The van der Waals surface area contributed by atoms with E-state index in [-0.39, 0.29) is 10.9 Å². The number of benzene rings is 1. The Morgan fingerprint density at radius 2 is 2.21 bits per heavy atom. The summed E-state index contributed by atoms with van der Waals surface area (Å²) >= 11 is 9.17. The van der Waals surface area contributed by atoms with Gasteiger partial charge < -0.3 is 5.73 Å². The highest BCUT2D eigenvalue weighted by Crippen LogP contribution is 2.36. The van der Waals surface area contributed by atoms with Crippen LogP contribution in [0, 0.1) is 0 Å². The minimum atomic E-state index is -3.55. The van der Waals surface area contributed by atoms with Crippen molar-refractivity contribution in [1.82, 2.24) is 4.31 Å². The van der Waals surface area contributed by atoms with E-state index >= 15 is 0 Å². The molecule has 1 saturated heterocycles. The molecule has 1 aromatic rings. The average Bonchev–Trinajstić information content (AvgIpc) is 2.82. The fraction of sp³-hybridized carbons (Fsp3) is 0.500. The quantitative estimate of drug-likeness (QED) is 0.834. The Labute approximate surface area is 127 Å². The number of nitrogen functional groups attached to an aromatic ring is 1. The second-order valence-corrected chi connectivity index (χ2v) is 7.72. The molecule has 1 aliphatic rings. The van der Waals surface area contributed by atoms with Gasteiger partial charge in [-0.25, -0.2) is 8.42 Å². The molecule has 1 fully saturated rings. The minimum Gasteiger partial charge on any atom is -0.398 e. The molecule has 0 saturated carbocycles. The first-order chi connectivity index (χ1) is 8.87. The number of hydrogen-bond acceptors (Lipinski definition) is 3. The average molecular weight is 368 g/mol. The maximum absolute atomic E-state index is 12.7. The van der Waals surface area contributed by atoms with E-state index in [0.29, 0.717) is 21.7 Å². The monoisotopic (exact) mass is 366 g/mol. The molecule has 0 aromatic heterocycles. The molecule has 2 rings (SSSR count). The highest BCUT2D eigenvalue weighted by Gasteiger charge is 2.35. The lowest BCUT2D eigenvalue weighted by Gasteiger charge is -2.24. The first kappa shape index (κ1) is 15.1. The van der Waals surface area contributed by atoms with Crippen molar-refractivity contribution >= 4 is 43.2 Å². The lowest BCUT2D eigenvalue weighted by molar-refractivity contribution is 0.379. The van der Waals surface area contributed by atoms with Crippen LogP contribution in [-0.4, -0.2) is 25.3 Å². The van der Waals surface area contributed by atoms with Gasteiger partial charge in [-0.15, -0.1) is 0 Å². The molecule has 2 N–H and O–H groups in total. The number of anilines is 1. The van der Waals surface area contributed by atoms with E-state index in [9.17, 15) is 8.42 Å². The molecular formula is C12H16BrClN2O2S. The standard InChI is InChI=1S/C12H16BrClN2O2S/c1-2-9-4-3-5-16(9)19(17,18)11-7-8(14)6-10(15)12(11)13/h6-7,9H,2-5,15H2,1H3. The lowest BCUT2D eigenvalue weighted by atomic mass is 10.2. The van der Waals surface area contributed by atoms with Crippen LogP contribution in [0.5, 0.6) is 0 Å². The maximum Gasteiger partial charge on any atom is 0.244 e. The summed E-state index contributed by atoms with van der Waals surface area (Å²) in [4.78, 5) is 0.151. The first-order valence-corrected chi connectivity index (χ1v) is 8.75. The Morgan fingerprint density at radius 3 is 2.84 bits per heavy atom. The van der Waals surface area contributed by atoms with Crippen molar-refractivity contribution in [2.24, 2.45) is 0 Å². The van der Waals surface area contributed by atoms with E-state index in [1.807, 2.05) is 6.92 Å². The lowest BCUT2D eigenvalue weighted by Crippen LogP contribution is -2.35. The van der Waals surface area contributed by atoms with Crippen LogP contribution in [-0.2, 0) is 10.0 Å². The molecule has 0 amide bonds. The summed E-state index contributed by atoms with van der Waals surface area (Å²) in [5.74, 6) is 0. The van der Waals surface area contributed by atoms with Gasteiger partial charge in [0.1, 0.15) is 0 Å². The number of hydrogen-bond donors (Lipinski definition) is 1. The molecule has 0 aliphatic carbocycles. The van der Waals surface area contributed by atoms with E-state index in [2.05, 4.69) is 15.9 Å². The van der Waals surface area contributed by atoms with E-state index in [0.717, 1.165) is 19.3 Å². The second kappa shape index (κ2) is 5.60. The van der Waals surface area contributed by atoms with E-state index in [1.165, 1.54) is 12.1 Å². The van der Waals surface area contributed by atoms with Crippen molar-refractivity contribution < 1.29 is 8.42 Å². The summed E-state index contributed by atoms with van der Waals surface area (Å²) in [6.07, 6.45) is 2.61. The van der Waals surface area contributed by atoms with Crippen LogP contribution in [0.3, 0.4) is 0 Å². The zero-order valence-corrected chi connectivity index (χ0v) is 13.7. The normalized spacial score (nSPS) is 20.9. The van der Waals surface area contributed by atoms with Gasteiger partial charge in [-0.05, 0) is 47.3 Å². The first-order valence-electron chi connectivity index (χ1n) is 6.14. The van der Waals surface area contributed by atoms with Crippen LogP contribution in [0.25, 0.3) is 0 Å². The number of nitrogens with two attached hydrogens (primary N) is 1. The summed E-state index contributed by atoms with van der Waals surface area (Å²) in [5, 5.41) is 0.325. The van der Waals surface area contributed by atoms with Crippen LogP contribution >= 0.6 is 27.5 Å². The van der Waals surface area contributed by atoms with E-state index in [1.54, 1.807) is 4.31 Å². The van der Waals surface area contributed by atoms with Crippen molar-refractivity contribution in [2.45, 2.75) is 37.1 Å². The Kier molecular flexibility index (Phi) is 4.45. The number of halogens is 2. The maximum atomic E-state index is 12.7. The molecule has 0 bridgehead atoms. The fourth-order valence-corrected chi connectivity index (χ4v) is 5.46. The molecule has 1 atom stereocenters. The van der Waals surface area contributed by atoms with Crippen molar-refractivity contribution in [3.63, 3.8) is 0 Å². The molecule has 1 unspecified atom stereocenters. The zero-order chi connectivity index (χ0) is 14.2. The van der Waals surface area contributed by atoms with Gasteiger partial charge in [-0.2, -0.15) is 4.31 Å². The molecule has 1 heterocycles. The van der Waals surface area contributed by atoms with Gasteiger partial charge in [0.25, 0.3) is 0 Å². The summed E-state index contributed by atoms with van der Waals surface area (Å²) in [7, 11) is -3.55. The van der Waals surface area contributed by atoms with Gasteiger partial charge >= 0.3 is 0 Å². The second-order valence-electron chi connectivity index (χ2n) is 4.63. The van der Waals surface area contributed by atoms with Crippen LogP contribution in [0.1, 0.15) is 26.2 Å². The van der Waals surface area contributed by atoms with Gasteiger partial charge in [-0.1, -0.05) is 18.5 Å². The third kappa shape index (κ3) is 2.77. The molecule has 0 radical (unpaired) electrons. The number of nitrogens with zero attached hydrogens (tertiary/aromatic N) is 1. The molecule has 7 heteroatoms. The van der Waals surface area contributed by atoms with Crippen molar-refractivity contribution in [1.29, 1.82) is 0 Å². The third-order valence-corrected chi connectivity index (χ3v) is 6.75. The summed E-state index contributed by atoms with van der Waals surface area (Å²) in [6.45, 7) is 2.56. The van der Waals surface area contributed by atoms with Gasteiger partial charge in [0.05, 0.1) is 9.37 Å².